The number of hydrogen-bond acceptors (Lipinski definition) is 2. The highest BCUT2D eigenvalue weighted by Crippen LogP contribution is 2.17. The van der Waals surface area contributed by atoms with Gasteiger partial charge in [0.15, 0.2) is 0 Å². The second kappa shape index (κ2) is 3.34. The van der Waals surface area contributed by atoms with Crippen LogP contribution in [0.3, 0.4) is 0 Å². The average Bonchev–Trinajstić information content (AvgIpc) is 2.01. The van der Waals surface area contributed by atoms with E-state index in [0.29, 0.717) is 10.7 Å². The molecule has 1 aromatic heterocycles. The first-order valence-corrected chi connectivity index (χ1v) is 4.56. The molecule has 1 amide bonds. The van der Waals surface area contributed by atoms with Crippen molar-refractivity contribution in [1.29, 1.82) is 0 Å². The van der Waals surface area contributed by atoms with E-state index in [1.165, 1.54) is 0 Å². The third-order valence-electron chi connectivity index (χ3n) is 2.10. The van der Waals surface area contributed by atoms with Crippen molar-refractivity contribution < 1.29 is 4.79 Å². The first kappa shape index (κ1) is 8.51. The number of hydrogen-bond donors (Lipinski definition) is 0. The molecule has 0 radical (unpaired) electrons. The van der Waals surface area contributed by atoms with E-state index in [4.69, 9.17) is 11.6 Å². The second-order valence-corrected chi connectivity index (χ2v) is 3.39. The summed E-state index contributed by atoms with van der Waals surface area (Å²) in [6.45, 7) is 1.65. The molecule has 0 spiro atoms. The summed E-state index contributed by atoms with van der Waals surface area (Å²) < 4.78 is 0. The number of amides is 1. The molecule has 1 saturated heterocycles. The lowest BCUT2D eigenvalue weighted by atomic mass is 10.2. The van der Waals surface area contributed by atoms with Gasteiger partial charge in [-0.05, 0) is 18.6 Å². The molecule has 0 N–H and O–H groups in total. The van der Waals surface area contributed by atoms with E-state index in [-0.39, 0.29) is 5.91 Å². The number of carbonyl (C=O) groups excluding carboxylic acids is 1. The van der Waals surface area contributed by atoms with Crippen LogP contribution >= 0.6 is 11.6 Å². The number of carbonyl (C=O) groups is 1. The van der Waals surface area contributed by atoms with Gasteiger partial charge in [0, 0.05) is 19.3 Å². The minimum absolute atomic E-state index is 0.0585. The van der Waals surface area contributed by atoms with Gasteiger partial charge in [0.05, 0.1) is 5.02 Å². The highest BCUT2D eigenvalue weighted by Gasteiger charge is 2.23. The minimum atomic E-state index is -0.0585. The Bertz CT molecular complexity index is 336. The van der Waals surface area contributed by atoms with E-state index in [0.717, 1.165) is 19.5 Å². The normalized spacial score (nSPS) is 15.3. The molecule has 4 heteroatoms. The average molecular weight is 197 g/mol. The zero-order valence-corrected chi connectivity index (χ0v) is 7.79. The smallest absolute Gasteiger partial charge is 0.273 e. The first-order chi connectivity index (χ1) is 6.29. The van der Waals surface area contributed by atoms with Crippen molar-refractivity contribution in [1.82, 2.24) is 9.88 Å². The Hall–Kier alpha value is -1.09. The number of pyridine rings is 1. The lowest BCUT2D eigenvalue weighted by Gasteiger charge is -2.30. The predicted molar refractivity (Wildman–Crippen MR) is 49.8 cm³/mol. The molecule has 0 aliphatic carbocycles. The standard InChI is InChI=1S/C9H9ClN2O/c10-7-3-1-4-11-8(7)9(13)12-5-2-6-12/h1,3-4H,2,5-6H2. The summed E-state index contributed by atoms with van der Waals surface area (Å²) in [4.78, 5) is 17.3. The summed E-state index contributed by atoms with van der Waals surface area (Å²) in [5.74, 6) is -0.0585. The molecule has 2 heterocycles. The largest absolute Gasteiger partial charge is 0.337 e. The third kappa shape index (κ3) is 1.52. The SMILES string of the molecule is O=C(c1ncccc1Cl)N1CCC1. The molecule has 1 aliphatic heterocycles. The van der Waals surface area contributed by atoms with Crippen molar-refractivity contribution in [2.75, 3.05) is 13.1 Å². The van der Waals surface area contributed by atoms with Crippen LogP contribution in [0.15, 0.2) is 18.3 Å². The Labute approximate surface area is 81.3 Å². The quantitative estimate of drug-likeness (QED) is 0.684. The molecule has 3 nitrogen and oxygen atoms in total. The summed E-state index contributed by atoms with van der Waals surface area (Å²) in [5, 5.41) is 0.430. The van der Waals surface area contributed by atoms with E-state index in [9.17, 15) is 4.79 Å². The number of nitrogens with zero attached hydrogens (tertiary/aromatic N) is 2. The fourth-order valence-electron chi connectivity index (χ4n) is 1.21. The maximum atomic E-state index is 11.6. The number of halogens is 1. The topological polar surface area (TPSA) is 33.2 Å². The van der Waals surface area contributed by atoms with Gasteiger partial charge >= 0.3 is 0 Å². The summed E-state index contributed by atoms with van der Waals surface area (Å²) >= 11 is 5.83. The monoisotopic (exact) mass is 196 g/mol. The van der Waals surface area contributed by atoms with Gasteiger partial charge in [-0.3, -0.25) is 4.79 Å². The predicted octanol–water partition coefficient (Wildman–Crippen LogP) is 1.58. The lowest BCUT2D eigenvalue weighted by molar-refractivity contribution is 0.0646. The maximum absolute atomic E-state index is 11.6. The van der Waals surface area contributed by atoms with Crippen LogP contribution in [-0.4, -0.2) is 28.9 Å². The highest BCUT2D eigenvalue weighted by atomic mass is 35.5. The second-order valence-electron chi connectivity index (χ2n) is 2.98. The molecule has 0 unspecified atom stereocenters. The summed E-state index contributed by atoms with van der Waals surface area (Å²) in [5.41, 5.74) is 0.365. The van der Waals surface area contributed by atoms with Gasteiger partial charge in [0.25, 0.3) is 5.91 Å². The zero-order chi connectivity index (χ0) is 9.26. The van der Waals surface area contributed by atoms with E-state index >= 15 is 0 Å². The van der Waals surface area contributed by atoms with E-state index in [1.807, 2.05) is 0 Å². The van der Waals surface area contributed by atoms with Crippen LogP contribution in [0.4, 0.5) is 0 Å². The van der Waals surface area contributed by atoms with Gasteiger partial charge in [0.1, 0.15) is 5.69 Å². The van der Waals surface area contributed by atoms with Crippen molar-refractivity contribution in [2.45, 2.75) is 6.42 Å². The van der Waals surface area contributed by atoms with Crippen LogP contribution in [0.25, 0.3) is 0 Å². The molecule has 0 saturated carbocycles. The molecule has 0 bridgehead atoms. The summed E-state index contributed by atoms with van der Waals surface area (Å²) in [6.07, 6.45) is 2.66. The molecule has 68 valence electrons. The van der Waals surface area contributed by atoms with Crippen LogP contribution in [0.1, 0.15) is 16.9 Å². The number of rotatable bonds is 1. The van der Waals surface area contributed by atoms with Gasteiger partial charge in [0.2, 0.25) is 0 Å². The van der Waals surface area contributed by atoms with Crippen LogP contribution in [-0.2, 0) is 0 Å². The Balaban J connectivity index is 2.24. The molecule has 1 fully saturated rings. The zero-order valence-electron chi connectivity index (χ0n) is 7.03. The lowest BCUT2D eigenvalue weighted by Crippen LogP contribution is -2.42. The molecule has 2 rings (SSSR count). The Morgan fingerprint density at radius 2 is 2.31 bits per heavy atom. The van der Waals surface area contributed by atoms with Crippen LogP contribution in [0.2, 0.25) is 5.02 Å². The fourth-order valence-corrected chi connectivity index (χ4v) is 1.41. The Kier molecular flexibility index (Phi) is 2.19. The van der Waals surface area contributed by atoms with Crippen molar-refractivity contribution in [3.05, 3.63) is 29.0 Å². The number of likely N-dealkylation sites (tertiary alicyclic amines) is 1. The van der Waals surface area contributed by atoms with Gasteiger partial charge in [-0.2, -0.15) is 0 Å². The maximum Gasteiger partial charge on any atom is 0.273 e. The minimum Gasteiger partial charge on any atom is -0.337 e. The van der Waals surface area contributed by atoms with Crippen molar-refractivity contribution >= 4 is 17.5 Å². The van der Waals surface area contributed by atoms with Gasteiger partial charge in [-0.1, -0.05) is 11.6 Å². The van der Waals surface area contributed by atoms with E-state index < -0.39 is 0 Å². The van der Waals surface area contributed by atoms with E-state index in [1.54, 1.807) is 23.2 Å². The van der Waals surface area contributed by atoms with Gasteiger partial charge in [-0.15, -0.1) is 0 Å². The van der Waals surface area contributed by atoms with E-state index in [2.05, 4.69) is 4.98 Å². The molecule has 13 heavy (non-hydrogen) atoms. The van der Waals surface area contributed by atoms with Crippen molar-refractivity contribution in [3.63, 3.8) is 0 Å². The molecule has 0 aromatic carbocycles. The fraction of sp³-hybridized carbons (Fsp3) is 0.333. The first-order valence-electron chi connectivity index (χ1n) is 4.19. The highest BCUT2D eigenvalue weighted by molar-refractivity contribution is 6.33. The van der Waals surface area contributed by atoms with Crippen LogP contribution in [0.5, 0.6) is 0 Å². The Morgan fingerprint density at radius 1 is 1.54 bits per heavy atom. The molecular formula is C9H9ClN2O. The summed E-state index contributed by atoms with van der Waals surface area (Å²) in [6, 6.07) is 3.40. The third-order valence-corrected chi connectivity index (χ3v) is 2.41. The van der Waals surface area contributed by atoms with Crippen LogP contribution in [0, 0.1) is 0 Å². The Morgan fingerprint density at radius 3 is 2.85 bits per heavy atom. The molecule has 1 aromatic rings. The van der Waals surface area contributed by atoms with Gasteiger partial charge in [-0.25, -0.2) is 4.98 Å². The van der Waals surface area contributed by atoms with Crippen LogP contribution < -0.4 is 0 Å². The molecular weight excluding hydrogens is 188 g/mol. The number of aromatic nitrogens is 1. The van der Waals surface area contributed by atoms with Crippen molar-refractivity contribution in [3.8, 4) is 0 Å². The molecule has 0 atom stereocenters. The van der Waals surface area contributed by atoms with Crippen molar-refractivity contribution in [2.24, 2.45) is 0 Å². The van der Waals surface area contributed by atoms with Gasteiger partial charge < -0.3 is 4.90 Å². The molecule has 1 aliphatic rings. The summed E-state index contributed by atoms with van der Waals surface area (Å²) in [7, 11) is 0.